The van der Waals surface area contributed by atoms with Gasteiger partial charge in [0.05, 0.1) is 17.0 Å². The van der Waals surface area contributed by atoms with Crippen LogP contribution in [0.3, 0.4) is 0 Å². The first-order valence-electron chi connectivity index (χ1n) is 8.62. The number of aryl methyl sites for hydroxylation is 1. The predicted octanol–water partition coefficient (Wildman–Crippen LogP) is 3.68. The Labute approximate surface area is 160 Å². The molecule has 0 radical (unpaired) electrons. The van der Waals surface area contributed by atoms with Crippen LogP contribution in [-0.4, -0.2) is 20.5 Å². The zero-order valence-corrected chi connectivity index (χ0v) is 16.3. The van der Waals surface area contributed by atoms with Crippen molar-refractivity contribution >= 4 is 21.7 Å². The third kappa shape index (κ3) is 6.15. The van der Waals surface area contributed by atoms with Crippen LogP contribution in [0.25, 0.3) is 0 Å². The van der Waals surface area contributed by atoms with E-state index in [0.29, 0.717) is 18.5 Å². The number of hydrogen-bond acceptors (Lipinski definition) is 4. The molecule has 142 valence electrons. The van der Waals surface area contributed by atoms with E-state index < -0.39 is 16.1 Å². The fourth-order valence-electron chi connectivity index (χ4n) is 2.53. The van der Waals surface area contributed by atoms with Gasteiger partial charge in [-0.25, -0.2) is 8.42 Å². The molecule has 6 heteroatoms. The van der Waals surface area contributed by atoms with Crippen molar-refractivity contribution in [1.82, 2.24) is 0 Å². The molecule has 0 fully saturated rings. The lowest BCUT2D eigenvalue weighted by atomic mass is 10.1. The summed E-state index contributed by atoms with van der Waals surface area (Å²) in [6, 6.07) is 13.7. The van der Waals surface area contributed by atoms with Gasteiger partial charge in [-0.2, -0.15) is 0 Å². The molecule has 1 N–H and O–H groups in total. The molecule has 2 rings (SSSR count). The van der Waals surface area contributed by atoms with Gasteiger partial charge in [0.25, 0.3) is 10.0 Å². The maximum atomic E-state index is 12.6. The molecule has 1 atom stereocenters. The normalized spacial score (nSPS) is 12.0. The molecule has 0 saturated carbocycles. The van der Waals surface area contributed by atoms with Gasteiger partial charge in [0.2, 0.25) is 0 Å². The second-order valence-corrected chi connectivity index (χ2v) is 7.97. The van der Waals surface area contributed by atoms with Crippen LogP contribution in [0.2, 0.25) is 0 Å². The molecular formula is C21H23NO4S. The Bertz CT molecular complexity index is 927. The zero-order chi connectivity index (χ0) is 19.9. The minimum atomic E-state index is -3.70. The Morgan fingerprint density at radius 2 is 1.85 bits per heavy atom. The topological polar surface area (TPSA) is 72.5 Å². The van der Waals surface area contributed by atoms with E-state index in [2.05, 4.69) is 10.6 Å². The number of para-hydroxylation sites is 1. The lowest BCUT2D eigenvalue weighted by Gasteiger charge is -2.17. The molecule has 2 aromatic rings. The van der Waals surface area contributed by atoms with Crippen LogP contribution in [-0.2, 0) is 26.0 Å². The van der Waals surface area contributed by atoms with Gasteiger partial charge in [0.15, 0.2) is 0 Å². The Balaban J connectivity index is 2.12. The van der Waals surface area contributed by atoms with Crippen LogP contribution in [0.5, 0.6) is 0 Å². The van der Waals surface area contributed by atoms with Crippen LogP contribution in [0.1, 0.15) is 30.9 Å². The van der Waals surface area contributed by atoms with Crippen LogP contribution in [0.4, 0.5) is 5.69 Å². The second-order valence-electron chi connectivity index (χ2n) is 6.28. The first-order chi connectivity index (χ1) is 12.8. The number of anilines is 1. The number of esters is 1. The molecule has 0 aliphatic carbocycles. The van der Waals surface area contributed by atoms with Crippen molar-refractivity contribution < 1.29 is 17.9 Å². The predicted molar refractivity (Wildman–Crippen MR) is 106 cm³/mol. The summed E-state index contributed by atoms with van der Waals surface area (Å²) in [7, 11) is -3.70. The number of carbonyl (C=O) groups is 1. The lowest BCUT2D eigenvalue weighted by Crippen LogP contribution is -2.19. The monoisotopic (exact) mass is 385 g/mol. The Hall–Kier alpha value is -2.78. The number of ether oxygens (including phenoxy) is 1. The molecule has 0 aromatic heterocycles. The second kappa shape index (κ2) is 9.24. The van der Waals surface area contributed by atoms with Crippen LogP contribution >= 0.6 is 0 Å². The van der Waals surface area contributed by atoms with Crippen molar-refractivity contribution in [2.75, 3.05) is 4.72 Å². The number of benzene rings is 2. The summed E-state index contributed by atoms with van der Waals surface area (Å²) in [6.45, 7) is 3.66. The number of sulfonamides is 1. The summed E-state index contributed by atoms with van der Waals surface area (Å²) in [6.07, 6.45) is 5.62. The van der Waals surface area contributed by atoms with Crippen molar-refractivity contribution in [3.63, 3.8) is 0 Å². The molecule has 27 heavy (non-hydrogen) atoms. The molecule has 0 bridgehead atoms. The first-order valence-corrected chi connectivity index (χ1v) is 10.1. The van der Waals surface area contributed by atoms with Gasteiger partial charge in [-0.15, -0.1) is 12.3 Å². The van der Waals surface area contributed by atoms with E-state index in [1.165, 1.54) is 0 Å². The lowest BCUT2D eigenvalue weighted by molar-refractivity contribution is -0.148. The molecule has 0 saturated heterocycles. The van der Waals surface area contributed by atoms with Gasteiger partial charge < -0.3 is 4.74 Å². The largest absolute Gasteiger partial charge is 0.462 e. The van der Waals surface area contributed by atoms with Crippen LogP contribution < -0.4 is 4.72 Å². The Morgan fingerprint density at radius 3 is 2.52 bits per heavy atom. The van der Waals surface area contributed by atoms with Crippen molar-refractivity contribution in [3.05, 3.63) is 59.7 Å². The summed E-state index contributed by atoms with van der Waals surface area (Å²) in [5.41, 5.74) is 2.19. The molecular weight excluding hydrogens is 362 g/mol. The van der Waals surface area contributed by atoms with Crippen molar-refractivity contribution in [3.8, 4) is 12.3 Å². The molecule has 0 aliphatic rings. The van der Waals surface area contributed by atoms with Crippen molar-refractivity contribution in [1.29, 1.82) is 0 Å². The van der Waals surface area contributed by atoms with Gasteiger partial charge in [-0.1, -0.05) is 35.9 Å². The van der Waals surface area contributed by atoms with E-state index in [0.717, 1.165) is 11.1 Å². The molecule has 0 unspecified atom stereocenters. The molecule has 0 heterocycles. The summed E-state index contributed by atoms with van der Waals surface area (Å²) in [4.78, 5) is 11.9. The van der Waals surface area contributed by atoms with E-state index in [1.54, 1.807) is 49.4 Å². The molecule has 0 aliphatic heterocycles. The summed E-state index contributed by atoms with van der Waals surface area (Å²) in [5, 5.41) is 0. The highest BCUT2D eigenvalue weighted by Crippen LogP contribution is 2.22. The van der Waals surface area contributed by atoms with Gasteiger partial charge in [-0.05, 0) is 37.6 Å². The number of nitrogens with one attached hydrogen (secondary N) is 1. The summed E-state index contributed by atoms with van der Waals surface area (Å²) in [5.74, 6) is 2.04. The maximum absolute atomic E-state index is 12.6. The smallest absolute Gasteiger partial charge is 0.307 e. The standard InChI is InChI=1S/C21H23NO4S/c1-4-5-10-21(23)26-17(3)15-18-8-6-7-9-20(18)22-27(24,25)19-13-11-16(2)12-14-19/h1,6-9,11-14,17,22H,5,10,15H2,2-3H3/t17-/m0/s1. The SMILES string of the molecule is C#CCCC(=O)O[C@@H](C)Cc1ccccc1NS(=O)(=O)c1ccc(C)cc1. The highest BCUT2D eigenvalue weighted by atomic mass is 32.2. The molecule has 0 spiro atoms. The van der Waals surface area contributed by atoms with Crippen molar-refractivity contribution in [2.24, 2.45) is 0 Å². The average Bonchev–Trinajstić information content (AvgIpc) is 2.61. The van der Waals surface area contributed by atoms with Gasteiger partial charge in [0.1, 0.15) is 6.10 Å². The number of hydrogen-bond donors (Lipinski definition) is 1. The van der Waals surface area contributed by atoms with E-state index in [-0.39, 0.29) is 17.3 Å². The Kier molecular flexibility index (Phi) is 7.03. The summed E-state index contributed by atoms with van der Waals surface area (Å²) < 4.78 is 33.2. The highest BCUT2D eigenvalue weighted by molar-refractivity contribution is 7.92. The minimum Gasteiger partial charge on any atom is -0.462 e. The molecule has 2 aromatic carbocycles. The highest BCUT2D eigenvalue weighted by Gasteiger charge is 2.17. The van der Waals surface area contributed by atoms with Crippen molar-refractivity contribution in [2.45, 2.75) is 44.1 Å². The van der Waals surface area contributed by atoms with E-state index in [9.17, 15) is 13.2 Å². The third-order valence-electron chi connectivity index (χ3n) is 3.91. The fraction of sp³-hybridized carbons (Fsp3) is 0.286. The summed E-state index contributed by atoms with van der Waals surface area (Å²) >= 11 is 0. The zero-order valence-electron chi connectivity index (χ0n) is 15.4. The maximum Gasteiger partial charge on any atom is 0.307 e. The van der Waals surface area contributed by atoms with E-state index in [4.69, 9.17) is 11.2 Å². The number of carbonyl (C=O) groups excluding carboxylic acids is 1. The van der Waals surface area contributed by atoms with Gasteiger partial charge in [-0.3, -0.25) is 9.52 Å². The average molecular weight is 385 g/mol. The third-order valence-corrected chi connectivity index (χ3v) is 5.29. The molecule has 0 amide bonds. The van der Waals surface area contributed by atoms with Gasteiger partial charge >= 0.3 is 5.97 Å². The van der Waals surface area contributed by atoms with Crippen LogP contribution in [0, 0.1) is 19.3 Å². The fourth-order valence-corrected chi connectivity index (χ4v) is 3.63. The molecule has 5 nitrogen and oxygen atoms in total. The van der Waals surface area contributed by atoms with E-state index in [1.807, 2.05) is 13.0 Å². The van der Waals surface area contributed by atoms with Gasteiger partial charge in [0, 0.05) is 12.8 Å². The Morgan fingerprint density at radius 1 is 1.19 bits per heavy atom. The number of rotatable bonds is 8. The minimum absolute atomic E-state index is 0.169. The number of terminal acetylenes is 1. The quantitative estimate of drug-likeness (QED) is 0.556. The van der Waals surface area contributed by atoms with E-state index >= 15 is 0 Å². The first kappa shape index (κ1) is 20.5. The van der Waals surface area contributed by atoms with Crippen LogP contribution in [0.15, 0.2) is 53.4 Å².